The van der Waals surface area contributed by atoms with E-state index in [1.54, 1.807) is 0 Å². The molecule has 0 saturated carbocycles. The predicted octanol–water partition coefficient (Wildman–Crippen LogP) is 1.51. The molecule has 3 heterocycles. The highest BCUT2D eigenvalue weighted by Crippen LogP contribution is 2.28. The minimum Gasteiger partial charge on any atom is -0.377 e. The van der Waals surface area contributed by atoms with Crippen LogP contribution in [-0.4, -0.2) is 56.3 Å². The van der Waals surface area contributed by atoms with E-state index in [9.17, 15) is 0 Å². The third-order valence-electron chi connectivity index (χ3n) is 3.64. The molecule has 0 amide bonds. The van der Waals surface area contributed by atoms with Crippen LogP contribution in [-0.2, 0) is 0 Å². The summed E-state index contributed by atoms with van der Waals surface area (Å²) in [4.78, 5) is 15.5. The standard InChI is InChI=1S/C15H22N6/c1-17(2)13-9-14(20-7-5-18(3)11-20)16-15(10-13)21-8-6-19(4)12-21/h5-10H,11-12H2,1-4H3. The van der Waals surface area contributed by atoms with Crippen LogP contribution in [0.3, 0.4) is 0 Å². The number of anilines is 3. The van der Waals surface area contributed by atoms with E-state index >= 15 is 0 Å². The maximum Gasteiger partial charge on any atom is 0.138 e. The van der Waals surface area contributed by atoms with Crippen LogP contribution in [0.1, 0.15) is 0 Å². The van der Waals surface area contributed by atoms with Crippen LogP contribution in [0.15, 0.2) is 36.9 Å². The first-order valence-electron chi connectivity index (χ1n) is 7.03. The molecule has 0 aliphatic carbocycles. The molecule has 6 heteroatoms. The van der Waals surface area contributed by atoms with E-state index in [0.717, 1.165) is 30.7 Å². The molecule has 6 nitrogen and oxygen atoms in total. The van der Waals surface area contributed by atoms with Gasteiger partial charge in [-0.05, 0) is 0 Å². The fourth-order valence-corrected chi connectivity index (χ4v) is 2.40. The number of pyridine rings is 1. The van der Waals surface area contributed by atoms with Crippen molar-refractivity contribution < 1.29 is 0 Å². The van der Waals surface area contributed by atoms with Crippen LogP contribution in [0.4, 0.5) is 17.3 Å². The fourth-order valence-electron chi connectivity index (χ4n) is 2.40. The molecule has 0 spiro atoms. The highest BCUT2D eigenvalue weighted by molar-refractivity contribution is 5.64. The van der Waals surface area contributed by atoms with Gasteiger partial charge in [-0.15, -0.1) is 0 Å². The van der Waals surface area contributed by atoms with E-state index in [4.69, 9.17) is 4.98 Å². The van der Waals surface area contributed by atoms with Crippen molar-refractivity contribution in [3.8, 4) is 0 Å². The Balaban J connectivity index is 1.95. The summed E-state index contributed by atoms with van der Waals surface area (Å²) in [6, 6.07) is 4.24. The van der Waals surface area contributed by atoms with Crippen LogP contribution >= 0.6 is 0 Å². The quantitative estimate of drug-likeness (QED) is 0.836. The third kappa shape index (κ3) is 2.74. The van der Waals surface area contributed by atoms with Gasteiger partial charge < -0.3 is 24.5 Å². The van der Waals surface area contributed by atoms with Gasteiger partial charge >= 0.3 is 0 Å². The molecule has 1 aromatic rings. The van der Waals surface area contributed by atoms with Crippen molar-refractivity contribution in [2.24, 2.45) is 0 Å². The molecule has 21 heavy (non-hydrogen) atoms. The first kappa shape index (κ1) is 13.6. The lowest BCUT2D eigenvalue weighted by atomic mass is 10.3. The number of hydrogen-bond acceptors (Lipinski definition) is 6. The second-order valence-corrected chi connectivity index (χ2v) is 5.77. The largest absolute Gasteiger partial charge is 0.377 e. The van der Waals surface area contributed by atoms with Crippen LogP contribution in [0.2, 0.25) is 0 Å². The summed E-state index contributed by atoms with van der Waals surface area (Å²) in [5, 5.41) is 0. The zero-order chi connectivity index (χ0) is 15.0. The van der Waals surface area contributed by atoms with Crippen molar-refractivity contribution in [3.05, 3.63) is 36.9 Å². The molecule has 0 radical (unpaired) electrons. The number of rotatable bonds is 3. The van der Waals surface area contributed by atoms with Gasteiger partial charge in [-0.3, -0.25) is 0 Å². The molecule has 2 aliphatic heterocycles. The number of aromatic nitrogens is 1. The lowest BCUT2D eigenvalue weighted by Gasteiger charge is -2.24. The molecule has 0 fully saturated rings. The second-order valence-electron chi connectivity index (χ2n) is 5.77. The van der Waals surface area contributed by atoms with Crippen molar-refractivity contribution in [1.29, 1.82) is 0 Å². The van der Waals surface area contributed by atoms with Crippen molar-refractivity contribution in [1.82, 2.24) is 14.8 Å². The summed E-state index contributed by atoms with van der Waals surface area (Å²) in [6.45, 7) is 1.66. The number of hydrogen-bond donors (Lipinski definition) is 0. The van der Waals surface area contributed by atoms with Crippen molar-refractivity contribution in [2.45, 2.75) is 0 Å². The maximum absolute atomic E-state index is 4.82. The minimum absolute atomic E-state index is 0.832. The van der Waals surface area contributed by atoms with Gasteiger partial charge in [-0.1, -0.05) is 0 Å². The number of nitrogens with zero attached hydrogens (tertiary/aromatic N) is 6. The molecule has 0 unspecified atom stereocenters. The Morgan fingerprint density at radius 1 is 0.857 bits per heavy atom. The summed E-state index contributed by atoms with van der Waals surface area (Å²) in [5.74, 6) is 1.94. The monoisotopic (exact) mass is 286 g/mol. The van der Waals surface area contributed by atoms with Crippen molar-refractivity contribution in [2.75, 3.05) is 56.2 Å². The summed E-state index contributed by atoms with van der Waals surface area (Å²) < 4.78 is 0. The molecule has 0 bridgehead atoms. The first-order chi connectivity index (χ1) is 10.0. The van der Waals surface area contributed by atoms with E-state index in [1.165, 1.54) is 0 Å². The van der Waals surface area contributed by atoms with E-state index in [1.807, 2.05) is 0 Å². The molecule has 0 atom stereocenters. The van der Waals surface area contributed by atoms with Gasteiger partial charge in [0.25, 0.3) is 0 Å². The summed E-state index contributed by atoms with van der Waals surface area (Å²) >= 11 is 0. The molecule has 0 saturated heterocycles. The van der Waals surface area contributed by atoms with Gasteiger partial charge in [0.2, 0.25) is 0 Å². The molecular formula is C15H22N6. The Labute approximate surface area is 126 Å². The molecule has 1 aromatic heterocycles. The van der Waals surface area contributed by atoms with Crippen LogP contribution in [0.5, 0.6) is 0 Å². The molecule has 112 valence electrons. The van der Waals surface area contributed by atoms with Crippen molar-refractivity contribution in [3.63, 3.8) is 0 Å². The summed E-state index contributed by atoms with van der Waals surface area (Å²) in [7, 11) is 8.23. The van der Waals surface area contributed by atoms with E-state index in [-0.39, 0.29) is 0 Å². The van der Waals surface area contributed by atoms with Gasteiger partial charge in [0.1, 0.15) is 11.6 Å². The second kappa shape index (κ2) is 5.20. The van der Waals surface area contributed by atoms with E-state index < -0.39 is 0 Å². The topological polar surface area (TPSA) is 29.1 Å². The van der Waals surface area contributed by atoms with Gasteiger partial charge in [0, 0.05) is 70.8 Å². The van der Waals surface area contributed by atoms with E-state index in [0.29, 0.717) is 0 Å². The van der Waals surface area contributed by atoms with Gasteiger partial charge in [-0.25, -0.2) is 4.98 Å². The first-order valence-corrected chi connectivity index (χ1v) is 7.03. The molecule has 2 aliphatic rings. The average Bonchev–Trinajstić information content (AvgIpc) is 3.07. The average molecular weight is 286 g/mol. The minimum atomic E-state index is 0.832. The van der Waals surface area contributed by atoms with Crippen molar-refractivity contribution >= 4 is 17.3 Å². The van der Waals surface area contributed by atoms with Gasteiger partial charge in [0.15, 0.2) is 0 Å². The SMILES string of the molecule is CN1C=CN(c2cc(N(C)C)cc(N3C=CN(C)C3)n2)C1. The van der Waals surface area contributed by atoms with Gasteiger partial charge in [-0.2, -0.15) is 0 Å². The molecule has 3 rings (SSSR count). The Kier molecular flexibility index (Phi) is 3.37. The molecular weight excluding hydrogens is 264 g/mol. The molecule has 0 aromatic carbocycles. The zero-order valence-corrected chi connectivity index (χ0v) is 13.1. The summed E-state index contributed by atoms with van der Waals surface area (Å²) in [5.41, 5.74) is 1.15. The summed E-state index contributed by atoms with van der Waals surface area (Å²) in [6.07, 6.45) is 8.26. The zero-order valence-electron chi connectivity index (χ0n) is 13.1. The Bertz CT molecular complexity index is 535. The van der Waals surface area contributed by atoms with Crippen LogP contribution in [0.25, 0.3) is 0 Å². The fraction of sp³-hybridized carbons (Fsp3) is 0.400. The normalized spacial score (nSPS) is 17.3. The maximum atomic E-state index is 4.82. The highest BCUT2D eigenvalue weighted by Gasteiger charge is 2.18. The lowest BCUT2D eigenvalue weighted by Crippen LogP contribution is -2.26. The Morgan fingerprint density at radius 3 is 1.67 bits per heavy atom. The van der Waals surface area contributed by atoms with Gasteiger partial charge in [0.05, 0.1) is 13.3 Å². The Hall–Kier alpha value is -2.37. The van der Waals surface area contributed by atoms with Crippen LogP contribution < -0.4 is 14.7 Å². The van der Waals surface area contributed by atoms with E-state index in [2.05, 4.69) is 89.6 Å². The smallest absolute Gasteiger partial charge is 0.138 e. The van der Waals surface area contributed by atoms with Crippen LogP contribution in [0, 0.1) is 0 Å². The third-order valence-corrected chi connectivity index (χ3v) is 3.64. The highest BCUT2D eigenvalue weighted by atomic mass is 15.4. The Morgan fingerprint density at radius 2 is 1.33 bits per heavy atom. The predicted molar refractivity (Wildman–Crippen MR) is 87.1 cm³/mol. The molecule has 0 N–H and O–H groups in total. The lowest BCUT2D eigenvalue weighted by molar-refractivity contribution is 0.492.